The van der Waals surface area contributed by atoms with Crippen molar-refractivity contribution in [2.24, 2.45) is 0 Å². The maximum absolute atomic E-state index is 12.1. The third-order valence-electron chi connectivity index (χ3n) is 3.21. The second-order valence-corrected chi connectivity index (χ2v) is 5.86. The zero-order valence-corrected chi connectivity index (χ0v) is 15.4. The van der Waals surface area contributed by atoms with Gasteiger partial charge in [-0.25, -0.2) is 0 Å². The summed E-state index contributed by atoms with van der Waals surface area (Å²) in [7, 11) is 0. The van der Waals surface area contributed by atoms with E-state index in [-0.39, 0.29) is 12.5 Å². The fourth-order valence-electron chi connectivity index (χ4n) is 2.05. The van der Waals surface area contributed by atoms with Crippen LogP contribution in [0.25, 0.3) is 0 Å². The van der Waals surface area contributed by atoms with E-state index in [0.29, 0.717) is 47.0 Å². The molecule has 2 aromatic rings. The third kappa shape index (κ3) is 6.46. The largest absolute Gasteiger partial charge is 0.491 e. The van der Waals surface area contributed by atoms with Crippen LogP contribution < -0.4 is 15.4 Å². The SMILES string of the molecule is CCOCCOc1cccc(NC(=O)CNc2cccc(Cl)c2Cl)c1. The Bertz CT molecular complexity index is 710. The number of benzene rings is 2. The Balaban J connectivity index is 1.84. The van der Waals surface area contributed by atoms with Crippen molar-refractivity contribution in [3.63, 3.8) is 0 Å². The Morgan fingerprint density at radius 1 is 1.12 bits per heavy atom. The van der Waals surface area contributed by atoms with Gasteiger partial charge in [0.15, 0.2) is 0 Å². The molecule has 0 spiro atoms. The van der Waals surface area contributed by atoms with Gasteiger partial charge in [0.1, 0.15) is 12.4 Å². The molecule has 0 bridgehead atoms. The van der Waals surface area contributed by atoms with Gasteiger partial charge in [0, 0.05) is 18.4 Å². The number of rotatable bonds is 9. The van der Waals surface area contributed by atoms with E-state index in [1.165, 1.54) is 0 Å². The lowest BCUT2D eigenvalue weighted by atomic mass is 10.3. The molecule has 0 saturated carbocycles. The lowest BCUT2D eigenvalue weighted by Gasteiger charge is -2.11. The average molecular weight is 383 g/mol. The lowest BCUT2D eigenvalue weighted by Crippen LogP contribution is -2.21. The van der Waals surface area contributed by atoms with Crippen LogP contribution in [0, 0.1) is 0 Å². The fourth-order valence-corrected chi connectivity index (χ4v) is 2.41. The van der Waals surface area contributed by atoms with Crippen molar-refractivity contribution in [2.75, 3.05) is 37.0 Å². The van der Waals surface area contributed by atoms with Gasteiger partial charge < -0.3 is 20.1 Å². The highest BCUT2D eigenvalue weighted by molar-refractivity contribution is 6.43. The number of hydrogen-bond donors (Lipinski definition) is 2. The molecule has 134 valence electrons. The third-order valence-corrected chi connectivity index (χ3v) is 4.03. The van der Waals surface area contributed by atoms with Crippen molar-refractivity contribution < 1.29 is 14.3 Å². The molecule has 5 nitrogen and oxygen atoms in total. The van der Waals surface area contributed by atoms with Crippen LogP contribution in [0.15, 0.2) is 42.5 Å². The molecule has 0 saturated heterocycles. The van der Waals surface area contributed by atoms with Gasteiger partial charge in [0.05, 0.1) is 28.9 Å². The molecule has 0 unspecified atom stereocenters. The number of carbonyl (C=O) groups excluding carboxylic acids is 1. The van der Waals surface area contributed by atoms with E-state index in [4.69, 9.17) is 32.7 Å². The quantitative estimate of drug-likeness (QED) is 0.628. The summed E-state index contributed by atoms with van der Waals surface area (Å²) < 4.78 is 10.8. The van der Waals surface area contributed by atoms with Gasteiger partial charge in [-0.15, -0.1) is 0 Å². The smallest absolute Gasteiger partial charge is 0.243 e. The molecule has 7 heteroatoms. The van der Waals surface area contributed by atoms with Crippen molar-refractivity contribution in [1.29, 1.82) is 0 Å². The van der Waals surface area contributed by atoms with Crippen molar-refractivity contribution in [1.82, 2.24) is 0 Å². The summed E-state index contributed by atoms with van der Waals surface area (Å²) in [5.74, 6) is 0.464. The van der Waals surface area contributed by atoms with Crippen LogP contribution in [0.4, 0.5) is 11.4 Å². The highest BCUT2D eigenvalue weighted by Gasteiger charge is 2.07. The minimum Gasteiger partial charge on any atom is -0.491 e. The molecule has 0 aliphatic heterocycles. The highest BCUT2D eigenvalue weighted by atomic mass is 35.5. The van der Waals surface area contributed by atoms with Crippen molar-refractivity contribution in [3.8, 4) is 5.75 Å². The van der Waals surface area contributed by atoms with E-state index >= 15 is 0 Å². The molecule has 0 heterocycles. The number of halogens is 2. The standard InChI is InChI=1S/C18H20Cl2N2O3/c1-2-24-9-10-25-14-6-3-5-13(11-14)22-17(23)12-21-16-8-4-7-15(19)18(16)20/h3-8,11,21H,2,9-10,12H2,1H3,(H,22,23). The Labute approximate surface area is 157 Å². The molecule has 0 radical (unpaired) electrons. The van der Waals surface area contributed by atoms with Gasteiger partial charge >= 0.3 is 0 Å². The molecule has 0 atom stereocenters. The van der Waals surface area contributed by atoms with Gasteiger partial charge in [0.25, 0.3) is 0 Å². The molecular formula is C18H20Cl2N2O3. The lowest BCUT2D eigenvalue weighted by molar-refractivity contribution is -0.114. The number of ether oxygens (including phenoxy) is 2. The first-order chi connectivity index (χ1) is 12.1. The Morgan fingerprint density at radius 3 is 2.72 bits per heavy atom. The average Bonchev–Trinajstić information content (AvgIpc) is 2.60. The topological polar surface area (TPSA) is 59.6 Å². The minimum atomic E-state index is -0.206. The molecule has 2 N–H and O–H groups in total. The molecule has 2 rings (SSSR count). The van der Waals surface area contributed by atoms with Gasteiger partial charge in [-0.1, -0.05) is 35.3 Å². The number of anilines is 2. The predicted octanol–water partition coefficient (Wildman–Crippen LogP) is 4.46. The number of nitrogens with one attached hydrogen (secondary N) is 2. The van der Waals surface area contributed by atoms with E-state index in [1.54, 1.807) is 30.3 Å². The highest BCUT2D eigenvalue weighted by Crippen LogP contribution is 2.29. The summed E-state index contributed by atoms with van der Waals surface area (Å²) in [6.07, 6.45) is 0. The Hall–Kier alpha value is -1.95. The van der Waals surface area contributed by atoms with E-state index in [2.05, 4.69) is 10.6 Å². The van der Waals surface area contributed by atoms with Crippen LogP contribution in [0.2, 0.25) is 10.0 Å². The summed E-state index contributed by atoms with van der Waals surface area (Å²) in [6.45, 7) is 3.64. The molecule has 0 fully saturated rings. The molecule has 2 aromatic carbocycles. The van der Waals surface area contributed by atoms with Crippen molar-refractivity contribution >= 4 is 40.5 Å². The van der Waals surface area contributed by atoms with E-state index in [9.17, 15) is 4.79 Å². The van der Waals surface area contributed by atoms with Gasteiger partial charge in [-0.05, 0) is 31.2 Å². The second kappa shape index (κ2) is 10.1. The van der Waals surface area contributed by atoms with Gasteiger partial charge in [-0.3, -0.25) is 4.79 Å². The summed E-state index contributed by atoms with van der Waals surface area (Å²) in [4.78, 5) is 12.1. The maximum Gasteiger partial charge on any atom is 0.243 e. The predicted molar refractivity (Wildman–Crippen MR) is 102 cm³/mol. The van der Waals surface area contributed by atoms with Gasteiger partial charge in [0.2, 0.25) is 5.91 Å². The number of carbonyl (C=O) groups is 1. The Morgan fingerprint density at radius 2 is 1.92 bits per heavy atom. The van der Waals surface area contributed by atoms with Crippen molar-refractivity contribution in [3.05, 3.63) is 52.5 Å². The van der Waals surface area contributed by atoms with Crippen LogP contribution >= 0.6 is 23.2 Å². The molecule has 0 aromatic heterocycles. The summed E-state index contributed by atoms with van der Waals surface area (Å²) in [5, 5.41) is 6.58. The normalized spacial score (nSPS) is 10.4. The maximum atomic E-state index is 12.1. The Kier molecular flexibility index (Phi) is 7.85. The van der Waals surface area contributed by atoms with Crippen molar-refractivity contribution in [2.45, 2.75) is 6.92 Å². The van der Waals surface area contributed by atoms with E-state index in [1.807, 2.05) is 19.1 Å². The van der Waals surface area contributed by atoms with E-state index < -0.39 is 0 Å². The summed E-state index contributed by atoms with van der Waals surface area (Å²) >= 11 is 12.0. The summed E-state index contributed by atoms with van der Waals surface area (Å²) in [5.41, 5.74) is 1.26. The first-order valence-corrected chi connectivity index (χ1v) is 8.64. The summed E-state index contributed by atoms with van der Waals surface area (Å²) in [6, 6.07) is 12.4. The number of amides is 1. The first kappa shape index (κ1) is 19.4. The molecule has 25 heavy (non-hydrogen) atoms. The van der Waals surface area contributed by atoms with Crippen LogP contribution in [0.3, 0.4) is 0 Å². The minimum absolute atomic E-state index is 0.0650. The van der Waals surface area contributed by atoms with Crippen LogP contribution in [-0.2, 0) is 9.53 Å². The van der Waals surface area contributed by atoms with Crippen LogP contribution in [-0.4, -0.2) is 32.3 Å². The molecular weight excluding hydrogens is 363 g/mol. The zero-order valence-electron chi connectivity index (χ0n) is 13.9. The molecule has 0 aliphatic carbocycles. The van der Waals surface area contributed by atoms with Crippen LogP contribution in [0.5, 0.6) is 5.75 Å². The fraction of sp³-hybridized carbons (Fsp3) is 0.278. The van der Waals surface area contributed by atoms with Gasteiger partial charge in [-0.2, -0.15) is 0 Å². The van der Waals surface area contributed by atoms with Crippen LogP contribution in [0.1, 0.15) is 6.92 Å². The zero-order chi connectivity index (χ0) is 18.1. The second-order valence-electron chi connectivity index (χ2n) is 5.08. The van der Waals surface area contributed by atoms with E-state index in [0.717, 1.165) is 0 Å². The number of hydrogen-bond acceptors (Lipinski definition) is 4. The monoisotopic (exact) mass is 382 g/mol. The first-order valence-electron chi connectivity index (χ1n) is 7.88. The molecule has 1 amide bonds. The molecule has 0 aliphatic rings.